The second-order valence-electron chi connectivity index (χ2n) is 6.20. The van der Waals surface area contributed by atoms with Crippen molar-refractivity contribution in [2.24, 2.45) is 5.92 Å². The van der Waals surface area contributed by atoms with Crippen molar-refractivity contribution in [2.75, 3.05) is 14.2 Å². The normalized spacial score (nSPS) is 28.4. The summed E-state index contributed by atoms with van der Waals surface area (Å²) in [5.41, 5.74) is 1.51. The summed E-state index contributed by atoms with van der Waals surface area (Å²) < 4.78 is 20.1. The van der Waals surface area contributed by atoms with Gasteiger partial charge in [0, 0.05) is 12.7 Å². The van der Waals surface area contributed by atoms with Crippen LogP contribution >= 0.6 is 0 Å². The van der Waals surface area contributed by atoms with Gasteiger partial charge in [-0.2, -0.15) is 0 Å². The van der Waals surface area contributed by atoms with Crippen LogP contribution in [0.1, 0.15) is 49.8 Å². The molecule has 3 heteroatoms. The Morgan fingerprint density at radius 1 is 1.35 bits per heavy atom. The number of hydrogen-bond donors (Lipinski definition) is 1. The molecule has 1 atom stereocenters. The molecule has 1 fully saturated rings. The molecular weight excluding hydrogens is 253 g/mol. The van der Waals surface area contributed by atoms with Gasteiger partial charge in [-0.05, 0) is 51.6 Å². The number of halogens is 1. The monoisotopic (exact) mass is 279 g/mol. The largest absolute Gasteiger partial charge is 0.376 e. The fourth-order valence-electron chi connectivity index (χ4n) is 3.45. The lowest BCUT2D eigenvalue weighted by molar-refractivity contribution is -0.0752. The molecule has 0 aromatic heterocycles. The van der Waals surface area contributed by atoms with Crippen molar-refractivity contribution >= 4 is 0 Å². The average Bonchev–Trinajstić information content (AvgIpc) is 2.45. The van der Waals surface area contributed by atoms with Crippen LogP contribution in [0.15, 0.2) is 18.2 Å². The van der Waals surface area contributed by atoms with Gasteiger partial charge in [0.25, 0.3) is 0 Å². The molecule has 1 aliphatic carbocycles. The molecule has 0 radical (unpaired) electrons. The van der Waals surface area contributed by atoms with Crippen molar-refractivity contribution in [1.82, 2.24) is 5.32 Å². The third-order valence-corrected chi connectivity index (χ3v) is 4.80. The van der Waals surface area contributed by atoms with E-state index in [2.05, 4.69) is 12.2 Å². The van der Waals surface area contributed by atoms with E-state index in [1.54, 1.807) is 13.2 Å². The van der Waals surface area contributed by atoms with Crippen molar-refractivity contribution in [2.45, 2.75) is 51.2 Å². The Morgan fingerprint density at radius 2 is 2.00 bits per heavy atom. The van der Waals surface area contributed by atoms with E-state index in [0.717, 1.165) is 42.7 Å². The molecule has 2 rings (SSSR count). The van der Waals surface area contributed by atoms with Crippen LogP contribution in [0.3, 0.4) is 0 Å². The zero-order valence-corrected chi connectivity index (χ0v) is 13.0. The molecule has 0 heterocycles. The van der Waals surface area contributed by atoms with Crippen LogP contribution in [0.2, 0.25) is 0 Å². The first kappa shape index (κ1) is 15.5. The van der Waals surface area contributed by atoms with Gasteiger partial charge in [0.2, 0.25) is 0 Å². The van der Waals surface area contributed by atoms with E-state index >= 15 is 0 Å². The number of nitrogens with one attached hydrogen (secondary N) is 1. The van der Waals surface area contributed by atoms with Gasteiger partial charge in [-0.1, -0.05) is 24.6 Å². The summed E-state index contributed by atoms with van der Waals surface area (Å²) in [6, 6.07) is 5.22. The predicted molar refractivity (Wildman–Crippen MR) is 80.3 cm³/mol. The Balaban J connectivity index is 2.36. The van der Waals surface area contributed by atoms with E-state index < -0.39 is 0 Å². The molecule has 20 heavy (non-hydrogen) atoms. The van der Waals surface area contributed by atoms with Crippen molar-refractivity contribution in [3.63, 3.8) is 0 Å². The topological polar surface area (TPSA) is 21.3 Å². The number of rotatable bonds is 4. The maximum atomic E-state index is 14.2. The molecule has 0 amide bonds. The van der Waals surface area contributed by atoms with Crippen LogP contribution in [-0.2, 0) is 4.74 Å². The SMILES string of the molecule is CNC(c1cc(C)ccc1F)C1(OC)CCC(C)CC1. The van der Waals surface area contributed by atoms with Gasteiger partial charge in [-0.3, -0.25) is 0 Å². The smallest absolute Gasteiger partial charge is 0.128 e. The van der Waals surface area contributed by atoms with Crippen molar-refractivity contribution in [3.8, 4) is 0 Å². The summed E-state index contributed by atoms with van der Waals surface area (Å²) in [6.07, 6.45) is 4.23. The van der Waals surface area contributed by atoms with Crippen LogP contribution in [0, 0.1) is 18.7 Å². The van der Waals surface area contributed by atoms with E-state index in [-0.39, 0.29) is 17.5 Å². The van der Waals surface area contributed by atoms with Crippen LogP contribution in [0.4, 0.5) is 4.39 Å². The molecule has 0 saturated heterocycles. The van der Waals surface area contributed by atoms with Gasteiger partial charge in [-0.15, -0.1) is 0 Å². The van der Waals surface area contributed by atoms with Gasteiger partial charge in [-0.25, -0.2) is 4.39 Å². The van der Waals surface area contributed by atoms with Gasteiger partial charge < -0.3 is 10.1 Å². The molecule has 1 aromatic rings. The minimum Gasteiger partial charge on any atom is -0.376 e. The Kier molecular flexibility index (Phi) is 4.82. The Labute approximate surface area is 121 Å². The maximum absolute atomic E-state index is 14.2. The molecular formula is C17H26FNO. The number of benzene rings is 1. The molecule has 0 aliphatic heterocycles. The third kappa shape index (κ3) is 2.89. The van der Waals surface area contributed by atoms with Crippen molar-refractivity contribution < 1.29 is 9.13 Å². The molecule has 1 aliphatic rings. The van der Waals surface area contributed by atoms with Crippen LogP contribution in [0.5, 0.6) is 0 Å². The van der Waals surface area contributed by atoms with Crippen molar-refractivity contribution in [1.29, 1.82) is 0 Å². The zero-order valence-electron chi connectivity index (χ0n) is 13.0. The summed E-state index contributed by atoms with van der Waals surface area (Å²) >= 11 is 0. The minimum atomic E-state index is -0.296. The lowest BCUT2D eigenvalue weighted by Gasteiger charge is -2.44. The second kappa shape index (κ2) is 6.23. The molecule has 1 saturated carbocycles. The second-order valence-corrected chi connectivity index (χ2v) is 6.20. The highest BCUT2D eigenvalue weighted by atomic mass is 19.1. The highest BCUT2D eigenvalue weighted by Crippen LogP contribution is 2.43. The van der Waals surface area contributed by atoms with Crippen LogP contribution in [0.25, 0.3) is 0 Å². The summed E-state index contributed by atoms with van der Waals surface area (Å²) in [4.78, 5) is 0. The van der Waals surface area contributed by atoms with E-state index in [9.17, 15) is 4.39 Å². The van der Waals surface area contributed by atoms with Gasteiger partial charge in [0.1, 0.15) is 5.82 Å². The number of hydrogen-bond acceptors (Lipinski definition) is 2. The van der Waals surface area contributed by atoms with Gasteiger partial charge >= 0.3 is 0 Å². The quantitative estimate of drug-likeness (QED) is 0.900. The maximum Gasteiger partial charge on any atom is 0.128 e. The Hall–Kier alpha value is -0.930. The lowest BCUT2D eigenvalue weighted by atomic mass is 9.73. The first-order valence-corrected chi connectivity index (χ1v) is 7.51. The first-order valence-electron chi connectivity index (χ1n) is 7.51. The minimum absolute atomic E-state index is 0.0973. The zero-order chi connectivity index (χ0) is 14.8. The Morgan fingerprint density at radius 3 is 2.55 bits per heavy atom. The van der Waals surface area contributed by atoms with Crippen LogP contribution in [-0.4, -0.2) is 19.8 Å². The Bertz CT molecular complexity index is 452. The molecule has 1 N–H and O–H groups in total. The molecule has 1 aromatic carbocycles. The molecule has 0 spiro atoms. The number of ether oxygens (including phenoxy) is 1. The van der Waals surface area contributed by atoms with Crippen LogP contribution < -0.4 is 5.32 Å². The van der Waals surface area contributed by atoms with Gasteiger partial charge in [0.15, 0.2) is 0 Å². The average molecular weight is 279 g/mol. The summed E-state index contributed by atoms with van der Waals surface area (Å²) in [7, 11) is 3.65. The van der Waals surface area contributed by atoms with E-state index in [4.69, 9.17) is 4.74 Å². The standard InChI is InChI=1S/C17H26FNO/c1-12-7-9-17(20-4,10-8-12)16(19-3)14-11-13(2)5-6-15(14)18/h5-6,11-12,16,19H,7-10H2,1-4H3. The first-order chi connectivity index (χ1) is 9.52. The number of aryl methyl sites for hydroxylation is 1. The predicted octanol–water partition coefficient (Wildman–Crippen LogP) is 3.99. The highest BCUT2D eigenvalue weighted by molar-refractivity contribution is 5.29. The molecule has 2 nitrogen and oxygen atoms in total. The molecule has 112 valence electrons. The summed E-state index contributed by atoms with van der Waals surface area (Å²) in [6.45, 7) is 4.28. The fraction of sp³-hybridized carbons (Fsp3) is 0.647. The molecule has 0 bridgehead atoms. The van der Waals surface area contributed by atoms with Gasteiger partial charge in [0.05, 0.1) is 11.6 Å². The van der Waals surface area contributed by atoms with Crippen molar-refractivity contribution in [3.05, 3.63) is 35.1 Å². The number of methoxy groups -OCH3 is 1. The third-order valence-electron chi connectivity index (χ3n) is 4.80. The molecule has 1 unspecified atom stereocenters. The number of likely N-dealkylation sites (N-methyl/N-ethyl adjacent to an activating group) is 1. The summed E-state index contributed by atoms with van der Waals surface area (Å²) in [5, 5.41) is 3.30. The lowest BCUT2D eigenvalue weighted by Crippen LogP contribution is -2.47. The van der Waals surface area contributed by atoms with E-state index in [1.807, 2.05) is 26.1 Å². The summed E-state index contributed by atoms with van der Waals surface area (Å²) in [5.74, 6) is 0.586. The van der Waals surface area contributed by atoms with E-state index in [0.29, 0.717) is 0 Å². The van der Waals surface area contributed by atoms with E-state index in [1.165, 1.54) is 0 Å². The fourth-order valence-corrected chi connectivity index (χ4v) is 3.45. The highest BCUT2D eigenvalue weighted by Gasteiger charge is 2.42.